The van der Waals surface area contributed by atoms with Crippen molar-refractivity contribution in [1.29, 1.82) is 0 Å². The van der Waals surface area contributed by atoms with E-state index in [2.05, 4.69) is 20.5 Å². The molecule has 0 fully saturated rings. The molecule has 0 unspecified atom stereocenters. The molecule has 0 radical (unpaired) electrons. The Labute approximate surface area is 154 Å². The molecule has 2 aromatic heterocycles. The van der Waals surface area contributed by atoms with E-state index in [0.717, 1.165) is 24.3 Å². The molecule has 25 heavy (non-hydrogen) atoms. The molecule has 130 valence electrons. The number of halogens is 1. The molecule has 3 aromatic rings. The Morgan fingerprint density at radius 2 is 2.36 bits per heavy atom. The van der Waals surface area contributed by atoms with Crippen molar-refractivity contribution in [3.05, 3.63) is 52.9 Å². The Balaban J connectivity index is 1.57. The molecule has 0 saturated heterocycles. The third kappa shape index (κ3) is 5.20. The lowest BCUT2D eigenvalue weighted by Crippen LogP contribution is -2.04. The van der Waals surface area contributed by atoms with Gasteiger partial charge in [0.15, 0.2) is 0 Å². The standard InChI is InChI=1S/C16H17ClN6OS/c17-13-2-3-14(24-7-1-5-23-6-4-19-11-23)12(8-13)9-20-22-16-21-15(18)10-25-16/h2-4,6,8-11H,1,5,7,18H2,(H,21,22). The van der Waals surface area contributed by atoms with Gasteiger partial charge in [0.25, 0.3) is 0 Å². The van der Waals surface area contributed by atoms with Crippen molar-refractivity contribution in [2.45, 2.75) is 13.0 Å². The summed E-state index contributed by atoms with van der Waals surface area (Å²) in [6, 6.07) is 5.43. The SMILES string of the molecule is Nc1csc(NN=Cc2cc(Cl)ccc2OCCCn2ccnc2)n1. The number of anilines is 2. The molecule has 0 aliphatic heterocycles. The quantitative estimate of drug-likeness (QED) is 0.357. The summed E-state index contributed by atoms with van der Waals surface area (Å²) in [5.74, 6) is 1.19. The van der Waals surface area contributed by atoms with Gasteiger partial charge in [0.2, 0.25) is 5.13 Å². The second-order valence-electron chi connectivity index (χ2n) is 5.13. The smallest absolute Gasteiger partial charge is 0.205 e. The molecular formula is C16H17ClN6OS. The lowest BCUT2D eigenvalue weighted by Gasteiger charge is -2.09. The summed E-state index contributed by atoms with van der Waals surface area (Å²) < 4.78 is 7.86. The number of hydrogen-bond acceptors (Lipinski definition) is 7. The summed E-state index contributed by atoms with van der Waals surface area (Å²) in [7, 11) is 0. The zero-order valence-corrected chi connectivity index (χ0v) is 14.9. The maximum Gasteiger partial charge on any atom is 0.205 e. The average molecular weight is 377 g/mol. The van der Waals surface area contributed by atoms with Gasteiger partial charge in [-0.15, -0.1) is 11.3 Å². The first-order valence-corrected chi connectivity index (χ1v) is 8.84. The summed E-state index contributed by atoms with van der Waals surface area (Å²) >= 11 is 7.45. The van der Waals surface area contributed by atoms with Crippen LogP contribution in [0.4, 0.5) is 10.9 Å². The van der Waals surface area contributed by atoms with Crippen molar-refractivity contribution < 1.29 is 4.74 Å². The van der Waals surface area contributed by atoms with E-state index >= 15 is 0 Å². The summed E-state index contributed by atoms with van der Waals surface area (Å²) in [5, 5.41) is 7.14. The van der Waals surface area contributed by atoms with Crippen molar-refractivity contribution in [3.8, 4) is 5.75 Å². The molecule has 0 amide bonds. The maximum atomic E-state index is 6.07. The van der Waals surface area contributed by atoms with Crippen LogP contribution in [0.2, 0.25) is 5.02 Å². The Bertz CT molecular complexity index is 833. The van der Waals surface area contributed by atoms with E-state index in [-0.39, 0.29) is 0 Å². The highest BCUT2D eigenvalue weighted by atomic mass is 35.5. The van der Waals surface area contributed by atoms with Crippen molar-refractivity contribution in [2.24, 2.45) is 5.10 Å². The average Bonchev–Trinajstić information content (AvgIpc) is 3.25. The fraction of sp³-hybridized carbons (Fsp3) is 0.188. The van der Waals surface area contributed by atoms with Crippen LogP contribution in [0.1, 0.15) is 12.0 Å². The third-order valence-electron chi connectivity index (χ3n) is 3.24. The normalized spacial score (nSPS) is 11.1. The number of ether oxygens (including phenoxy) is 1. The fourth-order valence-electron chi connectivity index (χ4n) is 2.09. The van der Waals surface area contributed by atoms with Gasteiger partial charge in [-0.05, 0) is 24.6 Å². The Kier molecular flexibility index (Phi) is 5.86. The zero-order chi connectivity index (χ0) is 17.5. The Morgan fingerprint density at radius 1 is 1.44 bits per heavy atom. The highest BCUT2D eigenvalue weighted by molar-refractivity contribution is 7.14. The summed E-state index contributed by atoms with van der Waals surface area (Å²) in [6.07, 6.45) is 7.99. The van der Waals surface area contributed by atoms with Crippen molar-refractivity contribution >= 4 is 40.1 Å². The molecule has 0 spiro atoms. The largest absolute Gasteiger partial charge is 0.493 e. The zero-order valence-electron chi connectivity index (χ0n) is 13.3. The maximum absolute atomic E-state index is 6.07. The van der Waals surface area contributed by atoms with Gasteiger partial charge in [-0.2, -0.15) is 5.10 Å². The van der Waals surface area contributed by atoms with Gasteiger partial charge >= 0.3 is 0 Å². The minimum Gasteiger partial charge on any atom is -0.493 e. The van der Waals surface area contributed by atoms with E-state index < -0.39 is 0 Å². The predicted molar refractivity (Wildman–Crippen MR) is 102 cm³/mol. The molecule has 7 nitrogen and oxygen atoms in total. The fourth-order valence-corrected chi connectivity index (χ4v) is 2.82. The van der Waals surface area contributed by atoms with Gasteiger partial charge in [-0.25, -0.2) is 9.97 Å². The molecule has 3 N–H and O–H groups in total. The van der Waals surface area contributed by atoms with E-state index in [1.807, 2.05) is 16.8 Å². The van der Waals surface area contributed by atoms with Crippen LogP contribution in [0.3, 0.4) is 0 Å². The molecule has 0 saturated carbocycles. The summed E-state index contributed by atoms with van der Waals surface area (Å²) in [6.45, 7) is 1.43. The predicted octanol–water partition coefficient (Wildman–Crippen LogP) is 3.49. The van der Waals surface area contributed by atoms with Gasteiger partial charge in [-0.1, -0.05) is 11.6 Å². The molecule has 1 aromatic carbocycles. The molecule has 3 rings (SSSR count). The Hall–Kier alpha value is -2.58. The van der Waals surface area contributed by atoms with E-state index in [1.54, 1.807) is 36.3 Å². The van der Waals surface area contributed by atoms with Crippen molar-refractivity contribution in [3.63, 3.8) is 0 Å². The molecule has 0 bridgehead atoms. The van der Waals surface area contributed by atoms with Crippen molar-refractivity contribution in [1.82, 2.24) is 14.5 Å². The van der Waals surface area contributed by atoms with E-state index in [4.69, 9.17) is 22.1 Å². The van der Waals surface area contributed by atoms with Crippen LogP contribution in [0, 0.1) is 0 Å². The highest BCUT2D eigenvalue weighted by Gasteiger charge is 2.04. The summed E-state index contributed by atoms with van der Waals surface area (Å²) in [4.78, 5) is 8.09. The van der Waals surface area contributed by atoms with Gasteiger partial charge < -0.3 is 15.0 Å². The van der Waals surface area contributed by atoms with E-state index in [1.165, 1.54) is 11.3 Å². The Morgan fingerprint density at radius 3 is 3.12 bits per heavy atom. The lowest BCUT2D eigenvalue weighted by molar-refractivity contribution is 0.301. The number of hydrogen-bond donors (Lipinski definition) is 2. The minimum absolute atomic E-state index is 0.465. The number of benzene rings is 1. The third-order valence-corrected chi connectivity index (χ3v) is 4.24. The van der Waals surface area contributed by atoms with Crippen LogP contribution in [0.5, 0.6) is 5.75 Å². The van der Waals surface area contributed by atoms with Crippen LogP contribution >= 0.6 is 22.9 Å². The molecule has 0 atom stereocenters. The van der Waals surface area contributed by atoms with Crippen molar-refractivity contribution in [2.75, 3.05) is 17.8 Å². The van der Waals surface area contributed by atoms with Crippen LogP contribution in [0.15, 0.2) is 47.4 Å². The van der Waals surface area contributed by atoms with E-state index in [9.17, 15) is 0 Å². The van der Waals surface area contributed by atoms with Crippen LogP contribution in [-0.4, -0.2) is 27.4 Å². The summed E-state index contributed by atoms with van der Waals surface area (Å²) in [5.41, 5.74) is 9.19. The number of hydrazone groups is 1. The molecular weight excluding hydrogens is 360 g/mol. The highest BCUT2D eigenvalue weighted by Crippen LogP contribution is 2.22. The number of rotatable bonds is 8. The lowest BCUT2D eigenvalue weighted by atomic mass is 10.2. The van der Waals surface area contributed by atoms with Gasteiger partial charge in [-0.3, -0.25) is 5.43 Å². The number of nitrogens with two attached hydrogens (primary N) is 1. The number of aryl methyl sites for hydroxylation is 1. The first-order valence-electron chi connectivity index (χ1n) is 7.59. The molecule has 2 heterocycles. The van der Waals surface area contributed by atoms with Gasteiger partial charge in [0.1, 0.15) is 11.6 Å². The first kappa shape index (κ1) is 17.2. The number of nitrogens with zero attached hydrogens (tertiary/aromatic N) is 4. The topological polar surface area (TPSA) is 90.3 Å². The number of nitrogen functional groups attached to an aromatic ring is 1. The number of aromatic nitrogens is 3. The molecule has 0 aliphatic carbocycles. The van der Waals surface area contributed by atoms with E-state index in [0.29, 0.717) is 22.6 Å². The number of imidazole rings is 1. The molecule has 0 aliphatic rings. The van der Waals surface area contributed by atoms with Gasteiger partial charge in [0, 0.05) is 34.9 Å². The molecule has 9 heteroatoms. The van der Waals surface area contributed by atoms with Crippen LogP contribution in [0.25, 0.3) is 0 Å². The second-order valence-corrected chi connectivity index (χ2v) is 6.43. The van der Waals surface area contributed by atoms with Crippen LogP contribution in [-0.2, 0) is 6.54 Å². The first-order chi connectivity index (χ1) is 12.2. The second kappa shape index (κ2) is 8.50. The number of nitrogens with one attached hydrogen (secondary N) is 1. The monoisotopic (exact) mass is 376 g/mol. The minimum atomic E-state index is 0.465. The van der Waals surface area contributed by atoms with Gasteiger partial charge in [0.05, 0.1) is 19.1 Å². The van der Waals surface area contributed by atoms with Crippen LogP contribution < -0.4 is 15.9 Å². The number of thiazole rings is 1.